The van der Waals surface area contributed by atoms with Gasteiger partial charge in [0, 0.05) is 43.2 Å². The highest BCUT2D eigenvalue weighted by Crippen LogP contribution is 2.29. The van der Waals surface area contributed by atoms with Crippen LogP contribution < -0.4 is 10.2 Å². The number of piperazine rings is 1. The first kappa shape index (κ1) is 24.9. The summed E-state index contributed by atoms with van der Waals surface area (Å²) in [5.74, 6) is 0.0919. The van der Waals surface area contributed by atoms with Crippen molar-refractivity contribution in [2.24, 2.45) is 0 Å². The van der Waals surface area contributed by atoms with Gasteiger partial charge >= 0.3 is 11.8 Å². The molecule has 10 nitrogen and oxygen atoms in total. The van der Waals surface area contributed by atoms with E-state index in [1.807, 2.05) is 44.3 Å². The summed E-state index contributed by atoms with van der Waals surface area (Å²) in [5, 5.41) is 11.3. The lowest BCUT2D eigenvalue weighted by molar-refractivity contribution is 0.0907. The second-order valence-electron chi connectivity index (χ2n) is 10.9. The van der Waals surface area contributed by atoms with E-state index < -0.39 is 0 Å². The number of anilines is 1. The number of hydrogen-bond acceptors (Lipinski definition) is 8. The molecule has 10 heteroatoms. The van der Waals surface area contributed by atoms with Crippen LogP contribution in [-0.4, -0.2) is 68.3 Å². The summed E-state index contributed by atoms with van der Waals surface area (Å²) >= 11 is 0. The first-order chi connectivity index (χ1) is 17.6. The second kappa shape index (κ2) is 9.59. The number of aryl methyl sites for hydroxylation is 1. The van der Waals surface area contributed by atoms with E-state index in [2.05, 4.69) is 67.6 Å². The van der Waals surface area contributed by atoms with E-state index in [0.29, 0.717) is 18.4 Å². The Balaban J connectivity index is 1.33. The number of amides is 1. The number of carbonyl (C=O) groups is 1. The maximum atomic E-state index is 12.5. The Kier molecular flexibility index (Phi) is 6.45. The quantitative estimate of drug-likeness (QED) is 0.443. The smallest absolute Gasteiger partial charge is 0.315 e. The minimum absolute atomic E-state index is 0.0265. The Morgan fingerprint density at radius 1 is 1.22 bits per heavy atom. The predicted molar refractivity (Wildman–Crippen MR) is 142 cm³/mol. The van der Waals surface area contributed by atoms with Crippen LogP contribution in [0.3, 0.4) is 0 Å². The van der Waals surface area contributed by atoms with Gasteiger partial charge < -0.3 is 19.6 Å². The highest BCUT2D eigenvalue weighted by atomic mass is 16.5. The van der Waals surface area contributed by atoms with E-state index in [9.17, 15) is 4.79 Å². The lowest BCUT2D eigenvalue weighted by atomic mass is 9.96. The van der Waals surface area contributed by atoms with E-state index in [4.69, 9.17) is 4.52 Å². The molecule has 1 unspecified atom stereocenters. The number of nitrogens with one attached hydrogen (secondary N) is 1. The van der Waals surface area contributed by atoms with Gasteiger partial charge in [-0.25, -0.2) is 9.50 Å². The normalized spacial score (nSPS) is 16.9. The Bertz CT molecular complexity index is 1430. The van der Waals surface area contributed by atoms with Gasteiger partial charge in [-0.1, -0.05) is 38.1 Å². The van der Waals surface area contributed by atoms with Gasteiger partial charge in [-0.15, -0.1) is 0 Å². The molecular weight excluding hydrogens is 468 g/mol. The van der Waals surface area contributed by atoms with Crippen molar-refractivity contribution in [2.75, 3.05) is 31.6 Å². The summed E-state index contributed by atoms with van der Waals surface area (Å²) in [6.07, 6.45) is 3.68. The third-order valence-electron chi connectivity index (χ3n) is 7.06. The van der Waals surface area contributed by atoms with Crippen molar-refractivity contribution < 1.29 is 9.32 Å². The Hall–Kier alpha value is -3.79. The van der Waals surface area contributed by atoms with Crippen molar-refractivity contribution in [1.29, 1.82) is 0 Å². The van der Waals surface area contributed by atoms with E-state index in [0.717, 1.165) is 53.2 Å². The lowest BCUT2D eigenvalue weighted by Gasteiger charge is -2.38. The average molecular weight is 503 g/mol. The van der Waals surface area contributed by atoms with Crippen molar-refractivity contribution >= 4 is 17.1 Å². The SMILES string of the molecule is Cc1cc(-c2ncnn3cc(N4CCN(C)C(C)C4)cc23)ccc1CNC(=O)c1nc(C(C)(C)C)no1. The Morgan fingerprint density at radius 3 is 2.73 bits per heavy atom. The summed E-state index contributed by atoms with van der Waals surface area (Å²) in [6.45, 7) is 13.6. The minimum Gasteiger partial charge on any atom is -0.367 e. The molecule has 1 atom stereocenters. The standard InChI is InChI=1S/C27H34N8O2/c1-17-11-19(7-8-20(17)13-28-24(36)25-31-26(32-37-25)27(3,4)5)23-22-12-21(15-35(22)30-16-29-23)34-10-9-33(6)18(2)14-34/h7-8,11-12,15-16,18H,9-10,13-14H2,1-6H3,(H,28,36). The fourth-order valence-electron chi connectivity index (χ4n) is 4.51. The van der Waals surface area contributed by atoms with E-state index >= 15 is 0 Å². The molecular formula is C27H34N8O2. The number of fused-ring (bicyclic) bond motifs is 1. The lowest BCUT2D eigenvalue weighted by Crippen LogP contribution is -2.50. The molecule has 1 aromatic carbocycles. The fraction of sp³-hybridized carbons (Fsp3) is 0.444. The highest BCUT2D eigenvalue weighted by molar-refractivity contribution is 5.89. The number of carbonyl (C=O) groups excluding carboxylic acids is 1. The zero-order valence-electron chi connectivity index (χ0n) is 22.3. The molecule has 1 aliphatic heterocycles. The van der Waals surface area contributed by atoms with Gasteiger partial charge in [-0.2, -0.15) is 10.1 Å². The molecule has 1 aliphatic rings. The molecule has 194 valence electrons. The van der Waals surface area contributed by atoms with Crippen LogP contribution in [0.2, 0.25) is 0 Å². The van der Waals surface area contributed by atoms with E-state index in [1.54, 1.807) is 6.33 Å². The molecule has 37 heavy (non-hydrogen) atoms. The molecule has 1 fully saturated rings. The minimum atomic E-state index is -0.386. The molecule has 1 amide bonds. The van der Waals surface area contributed by atoms with Gasteiger partial charge in [-0.3, -0.25) is 4.79 Å². The number of hydrogen-bond donors (Lipinski definition) is 1. The molecule has 0 radical (unpaired) electrons. The molecule has 5 rings (SSSR count). The molecule has 0 aliphatic carbocycles. The first-order valence-electron chi connectivity index (χ1n) is 12.6. The topological polar surface area (TPSA) is 105 Å². The molecule has 4 aromatic rings. The number of benzene rings is 1. The molecule has 1 N–H and O–H groups in total. The average Bonchev–Trinajstić information content (AvgIpc) is 3.52. The third kappa shape index (κ3) is 5.06. The van der Waals surface area contributed by atoms with Crippen LogP contribution >= 0.6 is 0 Å². The Labute approximate surface area is 216 Å². The van der Waals surface area contributed by atoms with Gasteiger partial charge in [-0.05, 0) is 44.2 Å². The summed E-state index contributed by atoms with van der Waals surface area (Å²) in [5.41, 5.74) is 5.77. The van der Waals surface area contributed by atoms with Crippen molar-refractivity contribution in [3.05, 3.63) is 59.6 Å². The van der Waals surface area contributed by atoms with E-state index in [1.165, 1.54) is 0 Å². The van der Waals surface area contributed by atoms with Crippen molar-refractivity contribution in [3.63, 3.8) is 0 Å². The van der Waals surface area contributed by atoms with Crippen LogP contribution in [0.5, 0.6) is 0 Å². The Morgan fingerprint density at radius 2 is 2.03 bits per heavy atom. The maximum absolute atomic E-state index is 12.5. The van der Waals surface area contributed by atoms with Crippen LogP contribution in [-0.2, 0) is 12.0 Å². The van der Waals surface area contributed by atoms with Crippen molar-refractivity contribution in [3.8, 4) is 11.3 Å². The summed E-state index contributed by atoms with van der Waals surface area (Å²) in [6, 6.07) is 8.82. The van der Waals surface area contributed by atoms with Crippen LogP contribution in [0.25, 0.3) is 16.8 Å². The first-order valence-corrected chi connectivity index (χ1v) is 12.6. The molecule has 4 heterocycles. The molecule has 0 bridgehead atoms. The number of nitrogens with zero attached hydrogens (tertiary/aromatic N) is 7. The van der Waals surface area contributed by atoms with Gasteiger partial charge in [0.2, 0.25) is 0 Å². The zero-order valence-corrected chi connectivity index (χ0v) is 22.3. The van der Waals surface area contributed by atoms with Gasteiger partial charge in [0.1, 0.15) is 6.33 Å². The fourth-order valence-corrected chi connectivity index (χ4v) is 4.51. The zero-order chi connectivity index (χ0) is 26.3. The van der Waals surface area contributed by atoms with Gasteiger partial charge in [0.05, 0.1) is 23.1 Å². The molecule has 1 saturated heterocycles. The third-order valence-corrected chi connectivity index (χ3v) is 7.06. The molecule has 0 spiro atoms. The van der Waals surface area contributed by atoms with Crippen LogP contribution in [0, 0.1) is 6.92 Å². The van der Waals surface area contributed by atoms with Crippen LogP contribution in [0.15, 0.2) is 41.3 Å². The largest absolute Gasteiger partial charge is 0.367 e. The predicted octanol–water partition coefficient (Wildman–Crippen LogP) is 3.46. The van der Waals surface area contributed by atoms with Gasteiger partial charge in [0.15, 0.2) is 5.82 Å². The highest BCUT2D eigenvalue weighted by Gasteiger charge is 2.24. The number of likely N-dealkylation sites (N-methyl/N-ethyl adjacent to an activating group) is 1. The van der Waals surface area contributed by atoms with Crippen molar-refractivity contribution in [1.82, 2.24) is 35.0 Å². The van der Waals surface area contributed by atoms with Crippen LogP contribution in [0.4, 0.5) is 5.69 Å². The summed E-state index contributed by atoms with van der Waals surface area (Å²) in [4.78, 5) is 26.2. The monoisotopic (exact) mass is 502 g/mol. The second-order valence-corrected chi connectivity index (χ2v) is 10.9. The molecule has 3 aromatic heterocycles. The summed E-state index contributed by atoms with van der Waals surface area (Å²) < 4.78 is 7.05. The van der Waals surface area contributed by atoms with Crippen molar-refractivity contribution in [2.45, 2.75) is 52.6 Å². The maximum Gasteiger partial charge on any atom is 0.315 e. The molecule has 0 saturated carbocycles. The number of rotatable bonds is 5. The van der Waals surface area contributed by atoms with E-state index in [-0.39, 0.29) is 17.2 Å². The van der Waals surface area contributed by atoms with Crippen LogP contribution in [0.1, 0.15) is 55.3 Å². The van der Waals surface area contributed by atoms with Gasteiger partial charge in [0.25, 0.3) is 0 Å². The number of aromatic nitrogens is 5. The summed E-state index contributed by atoms with van der Waals surface area (Å²) in [7, 11) is 2.17.